The summed E-state index contributed by atoms with van der Waals surface area (Å²) in [6, 6.07) is 18.1. The summed E-state index contributed by atoms with van der Waals surface area (Å²) < 4.78 is 5.71. The van der Waals surface area contributed by atoms with Crippen molar-refractivity contribution in [3.05, 3.63) is 60.2 Å². The zero-order valence-electron chi connectivity index (χ0n) is 13.7. The fourth-order valence-corrected chi connectivity index (χ4v) is 1.55. The second-order valence-electron chi connectivity index (χ2n) is 4.14. The van der Waals surface area contributed by atoms with Gasteiger partial charge in [-0.3, -0.25) is 0 Å². The third kappa shape index (κ3) is 6.42. The highest BCUT2D eigenvalue weighted by Gasteiger charge is 2.00. The fraction of sp³-hybridized carbons (Fsp3) is 0.368. The van der Waals surface area contributed by atoms with Gasteiger partial charge in [0.25, 0.3) is 0 Å². The summed E-state index contributed by atoms with van der Waals surface area (Å²) in [5.41, 5.74) is 1.33. The lowest BCUT2D eigenvalue weighted by molar-refractivity contribution is 0.482. The van der Waals surface area contributed by atoms with E-state index in [1.54, 1.807) is 0 Å². The lowest BCUT2D eigenvalue weighted by atomic mass is 10.0. The van der Waals surface area contributed by atoms with Crippen LogP contribution < -0.4 is 4.74 Å². The maximum absolute atomic E-state index is 5.71. The zero-order valence-corrected chi connectivity index (χ0v) is 13.7. The minimum Gasteiger partial charge on any atom is -0.457 e. The van der Waals surface area contributed by atoms with Crippen molar-refractivity contribution in [2.75, 3.05) is 0 Å². The van der Waals surface area contributed by atoms with Crippen LogP contribution in [0, 0.1) is 0 Å². The second kappa shape index (κ2) is 11.1. The molecule has 2 rings (SSSR count). The summed E-state index contributed by atoms with van der Waals surface area (Å²) in [5, 5.41) is 0. The predicted molar refractivity (Wildman–Crippen MR) is 89.7 cm³/mol. The average molecular weight is 272 g/mol. The van der Waals surface area contributed by atoms with E-state index in [-0.39, 0.29) is 0 Å². The predicted octanol–water partition coefficient (Wildman–Crippen LogP) is 6.65. The minimum atomic E-state index is 0.561. The normalized spacial score (nSPS) is 8.95. The van der Waals surface area contributed by atoms with Gasteiger partial charge in [-0.2, -0.15) is 0 Å². The lowest BCUT2D eigenvalue weighted by Gasteiger charge is -2.08. The van der Waals surface area contributed by atoms with E-state index in [0.717, 1.165) is 11.5 Å². The molecule has 2 aromatic carbocycles. The molecule has 0 aliphatic carbocycles. The maximum Gasteiger partial charge on any atom is 0.127 e. The standard InChI is InChI=1S/C15H16O.2C2H6/c1-12(2)13-8-10-15(11-9-13)16-14-6-4-3-5-7-14;2*1-2/h3-12H,1-2H3;2*1-2H3. The van der Waals surface area contributed by atoms with E-state index in [0.29, 0.717) is 5.92 Å². The number of ether oxygens (including phenoxy) is 1. The Morgan fingerprint density at radius 2 is 1.10 bits per heavy atom. The highest BCUT2D eigenvalue weighted by atomic mass is 16.5. The topological polar surface area (TPSA) is 9.23 Å². The number of hydrogen-bond acceptors (Lipinski definition) is 1. The van der Waals surface area contributed by atoms with Crippen molar-refractivity contribution in [1.82, 2.24) is 0 Å². The highest BCUT2D eigenvalue weighted by molar-refractivity contribution is 5.33. The molecule has 0 unspecified atom stereocenters. The van der Waals surface area contributed by atoms with Crippen molar-refractivity contribution in [2.24, 2.45) is 0 Å². The first-order valence-electron chi connectivity index (χ1n) is 7.58. The summed E-state index contributed by atoms with van der Waals surface area (Å²) in [4.78, 5) is 0. The van der Waals surface area contributed by atoms with Crippen LogP contribution in [0.4, 0.5) is 0 Å². The van der Waals surface area contributed by atoms with Crippen LogP contribution in [0.2, 0.25) is 0 Å². The van der Waals surface area contributed by atoms with Crippen LogP contribution in [0.25, 0.3) is 0 Å². The molecule has 110 valence electrons. The Labute approximate surface area is 124 Å². The molecule has 2 aromatic rings. The van der Waals surface area contributed by atoms with Crippen molar-refractivity contribution >= 4 is 0 Å². The molecule has 0 fully saturated rings. The van der Waals surface area contributed by atoms with Crippen LogP contribution >= 0.6 is 0 Å². The highest BCUT2D eigenvalue weighted by Crippen LogP contribution is 2.23. The summed E-state index contributed by atoms with van der Waals surface area (Å²) in [6.45, 7) is 12.4. The summed E-state index contributed by atoms with van der Waals surface area (Å²) >= 11 is 0. The number of para-hydroxylation sites is 1. The Bertz CT molecular complexity index is 429. The first-order chi connectivity index (χ1) is 9.75. The van der Waals surface area contributed by atoms with E-state index >= 15 is 0 Å². The third-order valence-corrected chi connectivity index (χ3v) is 2.53. The fourth-order valence-electron chi connectivity index (χ4n) is 1.55. The van der Waals surface area contributed by atoms with Gasteiger partial charge in [-0.1, -0.05) is 71.9 Å². The summed E-state index contributed by atoms with van der Waals surface area (Å²) in [7, 11) is 0. The van der Waals surface area contributed by atoms with Gasteiger partial charge in [0.2, 0.25) is 0 Å². The van der Waals surface area contributed by atoms with Crippen molar-refractivity contribution in [3.8, 4) is 11.5 Å². The van der Waals surface area contributed by atoms with Gasteiger partial charge < -0.3 is 4.74 Å². The quantitative estimate of drug-likeness (QED) is 0.607. The van der Waals surface area contributed by atoms with Gasteiger partial charge in [-0.15, -0.1) is 0 Å². The van der Waals surface area contributed by atoms with E-state index in [2.05, 4.69) is 26.0 Å². The molecule has 20 heavy (non-hydrogen) atoms. The summed E-state index contributed by atoms with van der Waals surface area (Å²) in [5.74, 6) is 2.32. The Morgan fingerprint density at radius 1 is 0.650 bits per heavy atom. The van der Waals surface area contributed by atoms with Crippen LogP contribution in [0.5, 0.6) is 11.5 Å². The van der Waals surface area contributed by atoms with E-state index in [4.69, 9.17) is 4.74 Å². The van der Waals surface area contributed by atoms with Crippen LogP contribution in [0.1, 0.15) is 53.0 Å². The van der Waals surface area contributed by atoms with E-state index in [1.165, 1.54) is 5.56 Å². The molecule has 0 aliphatic heterocycles. The van der Waals surface area contributed by atoms with E-state index < -0.39 is 0 Å². The first kappa shape index (κ1) is 18.2. The van der Waals surface area contributed by atoms with Crippen LogP contribution in [-0.2, 0) is 0 Å². The largest absolute Gasteiger partial charge is 0.457 e. The van der Waals surface area contributed by atoms with Crippen molar-refractivity contribution in [3.63, 3.8) is 0 Å². The Balaban J connectivity index is 0.000000829. The van der Waals surface area contributed by atoms with Crippen LogP contribution in [0.15, 0.2) is 54.6 Å². The Kier molecular flexibility index (Phi) is 10.1. The van der Waals surface area contributed by atoms with E-state index in [1.807, 2.05) is 70.2 Å². The Hall–Kier alpha value is -1.76. The molecule has 1 heteroatoms. The molecule has 0 bridgehead atoms. The molecule has 0 aromatic heterocycles. The number of benzene rings is 2. The van der Waals surface area contributed by atoms with Crippen molar-refractivity contribution in [2.45, 2.75) is 47.5 Å². The van der Waals surface area contributed by atoms with Crippen molar-refractivity contribution < 1.29 is 4.74 Å². The summed E-state index contributed by atoms with van der Waals surface area (Å²) in [6.07, 6.45) is 0. The molecule has 0 saturated carbocycles. The molecule has 0 atom stereocenters. The van der Waals surface area contributed by atoms with Gasteiger partial charge in [0.05, 0.1) is 0 Å². The molecule has 0 N–H and O–H groups in total. The minimum absolute atomic E-state index is 0.561. The molecule has 0 heterocycles. The van der Waals surface area contributed by atoms with Gasteiger partial charge >= 0.3 is 0 Å². The van der Waals surface area contributed by atoms with E-state index in [9.17, 15) is 0 Å². The van der Waals surface area contributed by atoms with Gasteiger partial charge in [0, 0.05) is 0 Å². The smallest absolute Gasteiger partial charge is 0.127 e. The van der Waals surface area contributed by atoms with Gasteiger partial charge in [-0.05, 0) is 35.7 Å². The van der Waals surface area contributed by atoms with Crippen LogP contribution in [-0.4, -0.2) is 0 Å². The number of hydrogen-bond donors (Lipinski definition) is 0. The molecule has 0 spiro atoms. The second-order valence-corrected chi connectivity index (χ2v) is 4.14. The molecule has 0 aliphatic rings. The molecule has 0 amide bonds. The molecular weight excluding hydrogens is 244 g/mol. The van der Waals surface area contributed by atoms with Gasteiger partial charge in [0.1, 0.15) is 11.5 Å². The Morgan fingerprint density at radius 3 is 1.55 bits per heavy atom. The maximum atomic E-state index is 5.71. The van der Waals surface area contributed by atoms with Crippen LogP contribution in [0.3, 0.4) is 0 Å². The third-order valence-electron chi connectivity index (χ3n) is 2.53. The van der Waals surface area contributed by atoms with Crippen molar-refractivity contribution in [1.29, 1.82) is 0 Å². The molecule has 1 nitrogen and oxygen atoms in total. The first-order valence-corrected chi connectivity index (χ1v) is 7.58. The number of rotatable bonds is 3. The van der Waals surface area contributed by atoms with Gasteiger partial charge in [0.15, 0.2) is 0 Å². The molecular formula is C19H28O. The zero-order chi connectivity index (χ0) is 15.4. The monoisotopic (exact) mass is 272 g/mol. The SMILES string of the molecule is CC.CC.CC(C)c1ccc(Oc2ccccc2)cc1. The average Bonchev–Trinajstić information content (AvgIpc) is 2.53. The van der Waals surface area contributed by atoms with Gasteiger partial charge in [-0.25, -0.2) is 0 Å². The lowest BCUT2D eigenvalue weighted by Crippen LogP contribution is -1.88. The molecule has 0 radical (unpaired) electrons. The molecule has 0 saturated heterocycles.